The smallest absolute Gasteiger partial charge is 0.322 e. The van der Waals surface area contributed by atoms with Crippen LogP contribution < -0.4 is 16.2 Å². The summed E-state index contributed by atoms with van der Waals surface area (Å²) in [7, 11) is 0. The van der Waals surface area contributed by atoms with Crippen molar-refractivity contribution in [3.05, 3.63) is 101 Å². The standard InChI is InChI=1S/C23H18F3N3O3/c1-14-8-10-15(11-9-14)21(31)28-29-22(32)17-5-3-7-19(13-17)27-20(30)16-4-2-6-18(12-16)23(24,25)26/h2-13H,1H3,(H,27,30)(H,28,31)(H,29,32). The van der Waals surface area contributed by atoms with Crippen molar-refractivity contribution in [2.75, 3.05) is 5.32 Å². The molecule has 3 aromatic rings. The Balaban J connectivity index is 1.64. The molecule has 3 N–H and O–H groups in total. The van der Waals surface area contributed by atoms with Gasteiger partial charge in [-0.15, -0.1) is 0 Å². The number of aryl methyl sites for hydroxylation is 1. The van der Waals surface area contributed by atoms with Crippen LogP contribution in [0.3, 0.4) is 0 Å². The van der Waals surface area contributed by atoms with Gasteiger partial charge in [-0.1, -0.05) is 29.8 Å². The Kier molecular flexibility index (Phi) is 6.58. The van der Waals surface area contributed by atoms with Crippen LogP contribution in [0.2, 0.25) is 0 Å². The van der Waals surface area contributed by atoms with Gasteiger partial charge in [0.15, 0.2) is 0 Å². The number of anilines is 1. The second kappa shape index (κ2) is 9.34. The molecule has 0 radical (unpaired) electrons. The molecule has 3 amide bonds. The Morgan fingerprint density at radius 2 is 1.25 bits per heavy atom. The minimum absolute atomic E-state index is 0.121. The van der Waals surface area contributed by atoms with Crippen LogP contribution in [0.1, 0.15) is 42.2 Å². The molecule has 0 spiro atoms. The number of hydrogen-bond donors (Lipinski definition) is 3. The molecule has 0 aromatic heterocycles. The summed E-state index contributed by atoms with van der Waals surface area (Å²) in [6.07, 6.45) is -4.57. The second-order valence-corrected chi connectivity index (χ2v) is 6.89. The van der Waals surface area contributed by atoms with Gasteiger partial charge in [0.2, 0.25) is 0 Å². The number of rotatable bonds is 4. The van der Waals surface area contributed by atoms with E-state index in [-0.39, 0.29) is 16.8 Å². The predicted molar refractivity (Wildman–Crippen MR) is 112 cm³/mol. The van der Waals surface area contributed by atoms with Gasteiger partial charge in [0.1, 0.15) is 0 Å². The Morgan fingerprint density at radius 3 is 1.88 bits per heavy atom. The molecule has 0 fully saturated rings. The number of hydrogen-bond acceptors (Lipinski definition) is 3. The number of benzene rings is 3. The topological polar surface area (TPSA) is 87.3 Å². The molecule has 164 valence electrons. The molecule has 0 saturated heterocycles. The van der Waals surface area contributed by atoms with Crippen LogP contribution >= 0.6 is 0 Å². The highest BCUT2D eigenvalue weighted by Gasteiger charge is 2.30. The fourth-order valence-electron chi connectivity index (χ4n) is 2.74. The molecule has 9 heteroatoms. The Morgan fingerprint density at radius 1 is 0.688 bits per heavy atom. The summed E-state index contributed by atoms with van der Waals surface area (Å²) in [6.45, 7) is 1.88. The highest BCUT2D eigenvalue weighted by atomic mass is 19.4. The van der Waals surface area contributed by atoms with Crippen LogP contribution in [-0.2, 0) is 6.18 Å². The first-order valence-corrected chi connectivity index (χ1v) is 9.39. The maximum absolute atomic E-state index is 12.8. The lowest BCUT2D eigenvalue weighted by atomic mass is 10.1. The number of amides is 3. The molecule has 0 bridgehead atoms. The van der Waals surface area contributed by atoms with Crippen molar-refractivity contribution in [3.8, 4) is 0 Å². The summed E-state index contributed by atoms with van der Waals surface area (Å²) in [6, 6.07) is 16.5. The van der Waals surface area contributed by atoms with Crippen molar-refractivity contribution in [3.63, 3.8) is 0 Å². The van der Waals surface area contributed by atoms with Crippen molar-refractivity contribution in [1.29, 1.82) is 0 Å². The lowest BCUT2D eigenvalue weighted by Gasteiger charge is -2.11. The number of hydrazine groups is 1. The van der Waals surface area contributed by atoms with E-state index in [1.54, 1.807) is 24.3 Å². The third kappa shape index (κ3) is 5.72. The maximum atomic E-state index is 12.8. The zero-order valence-electron chi connectivity index (χ0n) is 16.8. The molecular weight excluding hydrogens is 423 g/mol. The fraction of sp³-hybridized carbons (Fsp3) is 0.0870. The molecule has 0 aliphatic carbocycles. The van der Waals surface area contributed by atoms with Crippen LogP contribution in [0.15, 0.2) is 72.8 Å². The summed E-state index contributed by atoms with van der Waals surface area (Å²) in [5.41, 5.74) is 5.10. The van der Waals surface area contributed by atoms with Gasteiger partial charge < -0.3 is 5.32 Å². The van der Waals surface area contributed by atoms with E-state index in [1.807, 2.05) is 6.92 Å². The Hall–Kier alpha value is -4.14. The first-order chi connectivity index (χ1) is 15.1. The van der Waals surface area contributed by atoms with Crippen LogP contribution in [0, 0.1) is 6.92 Å². The largest absolute Gasteiger partial charge is 0.416 e. The normalized spacial score (nSPS) is 10.9. The highest BCUT2D eigenvalue weighted by Crippen LogP contribution is 2.29. The summed E-state index contributed by atoms with van der Waals surface area (Å²) in [4.78, 5) is 36.8. The van der Waals surface area contributed by atoms with E-state index in [1.165, 1.54) is 30.3 Å². The predicted octanol–water partition coefficient (Wildman–Crippen LogP) is 4.34. The third-order valence-electron chi connectivity index (χ3n) is 4.44. The summed E-state index contributed by atoms with van der Waals surface area (Å²) in [5, 5.41) is 2.45. The molecule has 3 aromatic carbocycles. The van der Waals surface area contributed by atoms with E-state index < -0.39 is 29.5 Å². The first kappa shape index (κ1) is 22.5. The van der Waals surface area contributed by atoms with E-state index in [0.717, 1.165) is 23.8 Å². The average Bonchev–Trinajstić information content (AvgIpc) is 2.77. The number of halogens is 3. The van der Waals surface area contributed by atoms with Gasteiger partial charge in [0.25, 0.3) is 17.7 Å². The summed E-state index contributed by atoms with van der Waals surface area (Å²) >= 11 is 0. The molecule has 0 saturated carbocycles. The van der Waals surface area contributed by atoms with Crippen molar-refractivity contribution in [1.82, 2.24) is 10.9 Å². The molecule has 0 unspecified atom stereocenters. The summed E-state index contributed by atoms with van der Waals surface area (Å²) in [5.74, 6) is -1.91. The van der Waals surface area contributed by atoms with Gasteiger partial charge >= 0.3 is 6.18 Å². The lowest BCUT2D eigenvalue weighted by molar-refractivity contribution is -0.137. The number of carbonyl (C=O) groups excluding carboxylic acids is 3. The quantitative estimate of drug-likeness (QED) is 0.527. The Labute approximate surface area is 181 Å². The molecule has 32 heavy (non-hydrogen) atoms. The van der Waals surface area contributed by atoms with Crippen molar-refractivity contribution >= 4 is 23.4 Å². The van der Waals surface area contributed by atoms with Gasteiger partial charge in [0.05, 0.1) is 5.56 Å². The lowest BCUT2D eigenvalue weighted by Crippen LogP contribution is -2.41. The second-order valence-electron chi connectivity index (χ2n) is 6.89. The van der Waals surface area contributed by atoms with E-state index in [0.29, 0.717) is 5.56 Å². The zero-order valence-corrected chi connectivity index (χ0v) is 16.8. The first-order valence-electron chi connectivity index (χ1n) is 9.39. The minimum Gasteiger partial charge on any atom is -0.322 e. The molecule has 0 aliphatic rings. The van der Waals surface area contributed by atoms with Crippen molar-refractivity contribution in [2.45, 2.75) is 13.1 Å². The van der Waals surface area contributed by atoms with E-state index in [2.05, 4.69) is 16.2 Å². The van der Waals surface area contributed by atoms with Gasteiger partial charge in [0, 0.05) is 22.4 Å². The van der Waals surface area contributed by atoms with E-state index in [9.17, 15) is 27.6 Å². The average molecular weight is 441 g/mol. The monoisotopic (exact) mass is 441 g/mol. The number of carbonyl (C=O) groups is 3. The SMILES string of the molecule is Cc1ccc(C(=O)NNC(=O)c2cccc(NC(=O)c3cccc(C(F)(F)F)c3)c2)cc1. The van der Waals surface area contributed by atoms with Gasteiger partial charge in [-0.25, -0.2) is 0 Å². The fourth-order valence-corrected chi connectivity index (χ4v) is 2.74. The van der Waals surface area contributed by atoms with Gasteiger partial charge in [-0.2, -0.15) is 13.2 Å². The third-order valence-corrected chi connectivity index (χ3v) is 4.44. The maximum Gasteiger partial charge on any atom is 0.416 e. The van der Waals surface area contributed by atoms with Crippen LogP contribution in [0.25, 0.3) is 0 Å². The van der Waals surface area contributed by atoms with Crippen LogP contribution in [0.5, 0.6) is 0 Å². The van der Waals surface area contributed by atoms with Gasteiger partial charge in [-0.05, 0) is 55.5 Å². The zero-order chi connectivity index (χ0) is 23.3. The van der Waals surface area contributed by atoms with Crippen molar-refractivity contribution in [2.24, 2.45) is 0 Å². The van der Waals surface area contributed by atoms with Gasteiger partial charge in [-0.3, -0.25) is 25.2 Å². The minimum atomic E-state index is -4.57. The van der Waals surface area contributed by atoms with E-state index >= 15 is 0 Å². The molecule has 0 heterocycles. The molecule has 3 rings (SSSR count). The number of alkyl halides is 3. The summed E-state index contributed by atoms with van der Waals surface area (Å²) < 4.78 is 38.5. The molecule has 0 atom stereocenters. The highest BCUT2D eigenvalue weighted by molar-refractivity contribution is 6.05. The molecule has 6 nitrogen and oxygen atoms in total. The Bertz CT molecular complexity index is 1160. The molecular formula is C23H18F3N3O3. The van der Waals surface area contributed by atoms with Crippen LogP contribution in [-0.4, -0.2) is 17.7 Å². The number of nitrogens with one attached hydrogen (secondary N) is 3. The van der Waals surface area contributed by atoms with Crippen LogP contribution in [0.4, 0.5) is 18.9 Å². The molecule has 0 aliphatic heterocycles. The van der Waals surface area contributed by atoms with E-state index in [4.69, 9.17) is 0 Å². The van der Waals surface area contributed by atoms with Crippen molar-refractivity contribution < 1.29 is 27.6 Å².